The van der Waals surface area contributed by atoms with Gasteiger partial charge in [-0.3, -0.25) is 9.69 Å². The number of nitrogens with zero attached hydrogens (tertiary/aromatic N) is 3. The third kappa shape index (κ3) is 4.84. The Morgan fingerprint density at radius 1 is 0.793 bits per heavy atom. The molecule has 7 heteroatoms. The zero-order valence-corrected chi connectivity index (χ0v) is 18.1. The summed E-state index contributed by atoms with van der Waals surface area (Å²) < 4.78 is 27.8. The average Bonchev–Trinajstić information content (AvgIpc) is 3.03. The maximum atomic E-state index is 13.1. The Balaban J connectivity index is 1.34. The van der Waals surface area contributed by atoms with Crippen LogP contribution in [0.1, 0.15) is 49.7 Å². The lowest BCUT2D eigenvalue weighted by Crippen LogP contribution is -2.51. The van der Waals surface area contributed by atoms with Crippen LogP contribution < -0.4 is 0 Å². The van der Waals surface area contributed by atoms with Crippen LogP contribution in [0.5, 0.6) is 0 Å². The summed E-state index contributed by atoms with van der Waals surface area (Å²) in [6.07, 6.45) is 8.98. The summed E-state index contributed by atoms with van der Waals surface area (Å²) >= 11 is 0. The van der Waals surface area contributed by atoms with Gasteiger partial charge in [0.05, 0.1) is 11.4 Å². The van der Waals surface area contributed by atoms with Crippen molar-refractivity contribution < 1.29 is 13.2 Å². The van der Waals surface area contributed by atoms with Gasteiger partial charge in [0.1, 0.15) is 0 Å². The number of amides is 1. The van der Waals surface area contributed by atoms with E-state index < -0.39 is 10.0 Å². The molecule has 0 radical (unpaired) electrons. The van der Waals surface area contributed by atoms with Gasteiger partial charge in [0, 0.05) is 39.3 Å². The molecule has 0 saturated carbocycles. The quantitative estimate of drug-likeness (QED) is 0.751. The molecule has 0 spiro atoms. The van der Waals surface area contributed by atoms with Crippen LogP contribution in [0.3, 0.4) is 0 Å². The normalized spacial score (nSPS) is 22.1. The van der Waals surface area contributed by atoms with Gasteiger partial charge in [0.25, 0.3) is 0 Å². The van der Waals surface area contributed by atoms with Crippen molar-refractivity contribution >= 4 is 15.9 Å². The van der Waals surface area contributed by atoms with E-state index in [9.17, 15) is 13.2 Å². The van der Waals surface area contributed by atoms with Gasteiger partial charge in [-0.2, -0.15) is 4.31 Å². The Kier molecular flexibility index (Phi) is 6.56. The summed E-state index contributed by atoms with van der Waals surface area (Å²) in [4.78, 5) is 17.1. The van der Waals surface area contributed by atoms with Gasteiger partial charge in [-0.15, -0.1) is 0 Å². The monoisotopic (exact) mass is 419 g/mol. The fourth-order valence-electron chi connectivity index (χ4n) is 4.76. The molecule has 0 bridgehead atoms. The number of fused-ring (bicyclic) bond motifs is 1. The van der Waals surface area contributed by atoms with Crippen molar-refractivity contribution in [3.8, 4) is 0 Å². The molecule has 29 heavy (non-hydrogen) atoms. The molecule has 2 saturated heterocycles. The zero-order valence-electron chi connectivity index (χ0n) is 17.3. The number of likely N-dealkylation sites (tertiary alicyclic amines) is 1. The van der Waals surface area contributed by atoms with Crippen LogP contribution in [0.4, 0.5) is 0 Å². The Morgan fingerprint density at radius 3 is 2.14 bits per heavy atom. The Morgan fingerprint density at radius 2 is 1.45 bits per heavy atom. The molecule has 3 aliphatic rings. The first-order valence-corrected chi connectivity index (χ1v) is 12.6. The molecule has 1 aliphatic carbocycles. The highest BCUT2D eigenvalue weighted by Crippen LogP contribution is 2.26. The zero-order chi connectivity index (χ0) is 20.3. The lowest BCUT2D eigenvalue weighted by molar-refractivity contribution is -0.132. The smallest absolute Gasteiger partial charge is 0.243 e. The highest BCUT2D eigenvalue weighted by atomic mass is 32.2. The lowest BCUT2D eigenvalue weighted by Gasteiger charge is -2.34. The van der Waals surface area contributed by atoms with E-state index in [2.05, 4.69) is 4.90 Å². The second kappa shape index (κ2) is 9.14. The first-order chi connectivity index (χ1) is 14.0. The molecule has 0 N–H and O–H groups in total. The molecule has 4 rings (SSSR count). The van der Waals surface area contributed by atoms with Gasteiger partial charge >= 0.3 is 0 Å². The van der Waals surface area contributed by atoms with E-state index in [0.717, 1.165) is 45.2 Å². The number of hydrogen-bond acceptors (Lipinski definition) is 4. The number of benzene rings is 1. The standard InChI is InChI=1S/C22H33N3O3S/c26-22(24-11-5-1-2-6-12-24)18-23-13-15-25(16-14-23)29(27,28)21-10-9-19-7-3-4-8-20(19)17-21/h9-10,17H,1-8,11-16,18H2. The molecule has 1 amide bonds. The van der Waals surface area contributed by atoms with Gasteiger partial charge < -0.3 is 4.90 Å². The first kappa shape index (κ1) is 20.8. The van der Waals surface area contributed by atoms with Crippen LogP contribution in [0.15, 0.2) is 23.1 Å². The van der Waals surface area contributed by atoms with Crippen molar-refractivity contribution in [2.24, 2.45) is 0 Å². The second-order valence-electron chi connectivity index (χ2n) is 8.61. The number of hydrogen-bond donors (Lipinski definition) is 0. The highest BCUT2D eigenvalue weighted by molar-refractivity contribution is 7.89. The molecular weight excluding hydrogens is 386 g/mol. The average molecular weight is 420 g/mol. The molecule has 0 atom stereocenters. The molecule has 2 heterocycles. The van der Waals surface area contributed by atoms with Crippen molar-refractivity contribution in [1.29, 1.82) is 0 Å². The van der Waals surface area contributed by atoms with Crippen LogP contribution in [-0.4, -0.2) is 74.2 Å². The number of piperazine rings is 1. The fraction of sp³-hybridized carbons (Fsp3) is 0.682. The van der Waals surface area contributed by atoms with Crippen molar-refractivity contribution in [2.45, 2.75) is 56.3 Å². The minimum Gasteiger partial charge on any atom is -0.342 e. The van der Waals surface area contributed by atoms with E-state index in [-0.39, 0.29) is 5.91 Å². The summed E-state index contributed by atoms with van der Waals surface area (Å²) in [6.45, 7) is 4.27. The number of rotatable bonds is 4. The Labute approximate surface area is 174 Å². The summed E-state index contributed by atoms with van der Waals surface area (Å²) in [5.74, 6) is 0.192. The maximum absolute atomic E-state index is 13.1. The number of carbonyl (C=O) groups excluding carboxylic acids is 1. The van der Waals surface area contributed by atoms with Crippen molar-refractivity contribution in [1.82, 2.24) is 14.1 Å². The highest BCUT2D eigenvalue weighted by Gasteiger charge is 2.30. The first-order valence-electron chi connectivity index (χ1n) is 11.2. The third-order valence-electron chi connectivity index (χ3n) is 6.61. The summed E-state index contributed by atoms with van der Waals surface area (Å²) in [7, 11) is -3.46. The van der Waals surface area contributed by atoms with Crippen LogP contribution in [0.25, 0.3) is 0 Å². The molecule has 1 aromatic carbocycles. The van der Waals surface area contributed by atoms with Crippen molar-refractivity contribution in [2.75, 3.05) is 45.8 Å². The molecule has 0 unspecified atom stereocenters. The number of aryl methyl sites for hydroxylation is 2. The van der Waals surface area contributed by atoms with Gasteiger partial charge in [-0.25, -0.2) is 8.42 Å². The molecule has 6 nitrogen and oxygen atoms in total. The van der Waals surface area contributed by atoms with E-state index >= 15 is 0 Å². The minimum absolute atomic E-state index is 0.192. The Bertz CT molecular complexity index is 824. The van der Waals surface area contributed by atoms with E-state index in [1.165, 1.54) is 30.4 Å². The molecular formula is C22H33N3O3S. The van der Waals surface area contributed by atoms with Gasteiger partial charge in [0.2, 0.25) is 15.9 Å². The number of sulfonamides is 1. The minimum atomic E-state index is -3.46. The van der Waals surface area contributed by atoms with Crippen molar-refractivity contribution in [3.05, 3.63) is 29.3 Å². The summed E-state index contributed by atoms with van der Waals surface area (Å²) in [6, 6.07) is 5.66. The topological polar surface area (TPSA) is 60.9 Å². The van der Waals surface area contributed by atoms with E-state index in [0.29, 0.717) is 37.6 Å². The van der Waals surface area contributed by atoms with Crippen molar-refractivity contribution in [3.63, 3.8) is 0 Å². The van der Waals surface area contributed by atoms with Crippen LogP contribution >= 0.6 is 0 Å². The van der Waals surface area contributed by atoms with Gasteiger partial charge in [-0.05, 0) is 61.8 Å². The van der Waals surface area contributed by atoms with Crippen LogP contribution in [-0.2, 0) is 27.7 Å². The summed E-state index contributed by atoms with van der Waals surface area (Å²) in [5, 5.41) is 0. The largest absolute Gasteiger partial charge is 0.342 e. The van der Waals surface area contributed by atoms with E-state index in [4.69, 9.17) is 0 Å². The van der Waals surface area contributed by atoms with Gasteiger partial charge in [0.15, 0.2) is 0 Å². The molecule has 2 fully saturated rings. The SMILES string of the molecule is O=C(CN1CCN(S(=O)(=O)c2ccc3c(c2)CCCC3)CC1)N1CCCCCC1. The molecule has 2 aliphatic heterocycles. The Hall–Kier alpha value is -1.44. The van der Waals surface area contributed by atoms with Crippen LogP contribution in [0, 0.1) is 0 Å². The molecule has 1 aromatic rings. The predicted octanol–water partition coefficient (Wildman–Crippen LogP) is 2.27. The van der Waals surface area contributed by atoms with Gasteiger partial charge in [-0.1, -0.05) is 18.9 Å². The predicted molar refractivity (Wildman–Crippen MR) is 113 cm³/mol. The maximum Gasteiger partial charge on any atom is 0.243 e. The second-order valence-corrected chi connectivity index (χ2v) is 10.6. The van der Waals surface area contributed by atoms with E-state index in [1.807, 2.05) is 17.0 Å². The third-order valence-corrected chi connectivity index (χ3v) is 8.50. The molecule has 160 valence electrons. The fourth-order valence-corrected chi connectivity index (χ4v) is 6.23. The number of carbonyl (C=O) groups is 1. The molecule has 0 aromatic heterocycles. The summed E-state index contributed by atoms with van der Waals surface area (Å²) in [5.41, 5.74) is 2.49. The van der Waals surface area contributed by atoms with E-state index in [1.54, 1.807) is 10.4 Å². The lowest BCUT2D eigenvalue weighted by atomic mass is 9.92. The van der Waals surface area contributed by atoms with Crippen LogP contribution in [0.2, 0.25) is 0 Å².